The van der Waals surface area contributed by atoms with Gasteiger partial charge in [-0.25, -0.2) is 0 Å². The van der Waals surface area contributed by atoms with Crippen LogP contribution in [0.5, 0.6) is 0 Å². The molecule has 2 unspecified atom stereocenters. The Labute approximate surface area is 127 Å². The molecule has 2 atom stereocenters. The van der Waals surface area contributed by atoms with Crippen LogP contribution in [0.15, 0.2) is 54.7 Å². The zero-order valence-corrected chi connectivity index (χ0v) is 12.9. The molecule has 0 saturated carbocycles. The normalized spacial score (nSPS) is 14.1. The first-order chi connectivity index (χ1) is 10.3. The second kappa shape index (κ2) is 7.91. The summed E-state index contributed by atoms with van der Waals surface area (Å²) in [7, 11) is 0. The lowest BCUT2D eigenvalue weighted by Gasteiger charge is -2.34. The van der Waals surface area contributed by atoms with Crippen molar-refractivity contribution < 1.29 is 0 Å². The van der Waals surface area contributed by atoms with Gasteiger partial charge in [0.15, 0.2) is 0 Å². The molecule has 1 aromatic heterocycles. The molecule has 1 aromatic carbocycles. The number of hydrogen-bond donors (Lipinski definition) is 1. The highest BCUT2D eigenvalue weighted by Gasteiger charge is 2.23. The number of likely N-dealkylation sites (N-methyl/N-ethyl adjacent to an activating group) is 1. The topological polar surface area (TPSA) is 42.1 Å². The lowest BCUT2D eigenvalue weighted by Crippen LogP contribution is -2.42. The minimum atomic E-state index is 0.0277. The zero-order chi connectivity index (χ0) is 15.1. The summed E-state index contributed by atoms with van der Waals surface area (Å²) in [6.07, 6.45) is 2.87. The highest BCUT2D eigenvalue weighted by Crippen LogP contribution is 2.22. The number of rotatable bonds is 7. The smallest absolute Gasteiger partial charge is 0.0544 e. The first-order valence-corrected chi connectivity index (χ1v) is 7.70. The van der Waals surface area contributed by atoms with Crippen molar-refractivity contribution >= 4 is 0 Å². The van der Waals surface area contributed by atoms with Gasteiger partial charge in [-0.15, -0.1) is 0 Å². The minimum Gasteiger partial charge on any atom is -0.323 e. The van der Waals surface area contributed by atoms with Crippen LogP contribution in [-0.2, 0) is 6.54 Å². The van der Waals surface area contributed by atoms with E-state index in [9.17, 15) is 0 Å². The lowest BCUT2D eigenvalue weighted by atomic mass is 9.96. The molecule has 2 aromatic rings. The molecule has 0 aliphatic rings. The first kappa shape index (κ1) is 15.7. The van der Waals surface area contributed by atoms with Crippen molar-refractivity contribution in [2.45, 2.75) is 38.9 Å². The Bertz CT molecular complexity index is 513. The van der Waals surface area contributed by atoms with Crippen molar-refractivity contribution in [1.82, 2.24) is 9.88 Å². The summed E-state index contributed by atoms with van der Waals surface area (Å²) in [5.41, 5.74) is 8.81. The summed E-state index contributed by atoms with van der Waals surface area (Å²) in [4.78, 5) is 6.85. The van der Waals surface area contributed by atoms with Crippen molar-refractivity contribution in [3.63, 3.8) is 0 Å². The molecule has 2 N–H and O–H groups in total. The van der Waals surface area contributed by atoms with Crippen molar-refractivity contribution in [2.24, 2.45) is 5.73 Å². The Hall–Kier alpha value is -1.71. The molecule has 0 radical (unpaired) electrons. The number of nitrogens with zero attached hydrogens (tertiary/aromatic N) is 2. The Morgan fingerprint density at radius 2 is 1.76 bits per heavy atom. The van der Waals surface area contributed by atoms with Gasteiger partial charge < -0.3 is 5.73 Å². The van der Waals surface area contributed by atoms with Gasteiger partial charge in [-0.1, -0.05) is 50.2 Å². The van der Waals surface area contributed by atoms with Gasteiger partial charge in [-0.05, 0) is 30.7 Å². The Morgan fingerprint density at radius 3 is 2.33 bits per heavy atom. The standard InChI is InChI=1S/C18H25N3/c1-3-17(18(19)15-10-6-5-7-11-15)21(4-2)14-16-12-8-9-13-20-16/h5-13,17-18H,3-4,14,19H2,1-2H3. The fourth-order valence-electron chi connectivity index (χ4n) is 2.80. The van der Waals surface area contributed by atoms with Crippen LogP contribution >= 0.6 is 0 Å². The van der Waals surface area contributed by atoms with Gasteiger partial charge in [0.25, 0.3) is 0 Å². The third-order valence-corrected chi connectivity index (χ3v) is 3.98. The molecule has 0 saturated heterocycles. The predicted molar refractivity (Wildman–Crippen MR) is 87.8 cm³/mol. The fourth-order valence-corrected chi connectivity index (χ4v) is 2.80. The van der Waals surface area contributed by atoms with Gasteiger partial charge in [0.05, 0.1) is 5.69 Å². The number of nitrogens with two attached hydrogens (primary N) is 1. The van der Waals surface area contributed by atoms with Crippen LogP contribution in [0.25, 0.3) is 0 Å². The maximum atomic E-state index is 6.52. The lowest BCUT2D eigenvalue weighted by molar-refractivity contribution is 0.164. The van der Waals surface area contributed by atoms with E-state index in [1.54, 1.807) is 0 Å². The molecule has 112 valence electrons. The van der Waals surface area contributed by atoms with Crippen LogP contribution in [0.2, 0.25) is 0 Å². The molecule has 3 heteroatoms. The number of hydrogen-bond acceptors (Lipinski definition) is 3. The summed E-state index contributed by atoms with van der Waals surface area (Å²) >= 11 is 0. The van der Waals surface area contributed by atoms with Crippen molar-refractivity contribution in [1.29, 1.82) is 0 Å². The monoisotopic (exact) mass is 283 g/mol. The minimum absolute atomic E-state index is 0.0277. The number of benzene rings is 1. The van der Waals surface area contributed by atoms with Crippen LogP contribution in [0.3, 0.4) is 0 Å². The van der Waals surface area contributed by atoms with E-state index >= 15 is 0 Å². The summed E-state index contributed by atoms with van der Waals surface area (Å²) in [5, 5.41) is 0. The third-order valence-electron chi connectivity index (χ3n) is 3.98. The van der Waals surface area contributed by atoms with E-state index in [-0.39, 0.29) is 6.04 Å². The fraction of sp³-hybridized carbons (Fsp3) is 0.389. The summed E-state index contributed by atoms with van der Waals surface area (Å²) in [5.74, 6) is 0. The molecule has 0 spiro atoms. The second-order valence-corrected chi connectivity index (χ2v) is 5.30. The van der Waals surface area contributed by atoms with Gasteiger partial charge in [0.2, 0.25) is 0 Å². The Kier molecular flexibility index (Phi) is 5.90. The average Bonchev–Trinajstić information content (AvgIpc) is 2.56. The molecule has 21 heavy (non-hydrogen) atoms. The van der Waals surface area contributed by atoms with Crippen LogP contribution in [-0.4, -0.2) is 22.5 Å². The van der Waals surface area contributed by atoms with Gasteiger partial charge in [-0.2, -0.15) is 0 Å². The summed E-state index contributed by atoms with van der Waals surface area (Å²) < 4.78 is 0. The van der Waals surface area contributed by atoms with Gasteiger partial charge >= 0.3 is 0 Å². The Morgan fingerprint density at radius 1 is 1.05 bits per heavy atom. The highest BCUT2D eigenvalue weighted by molar-refractivity contribution is 5.20. The van der Waals surface area contributed by atoms with Crippen molar-refractivity contribution in [3.8, 4) is 0 Å². The highest BCUT2D eigenvalue weighted by atomic mass is 15.2. The first-order valence-electron chi connectivity index (χ1n) is 7.70. The van der Waals surface area contributed by atoms with E-state index in [0.717, 1.165) is 25.2 Å². The quantitative estimate of drug-likeness (QED) is 0.847. The van der Waals surface area contributed by atoms with E-state index < -0.39 is 0 Å². The van der Waals surface area contributed by atoms with E-state index in [1.165, 1.54) is 5.56 Å². The average molecular weight is 283 g/mol. The summed E-state index contributed by atoms with van der Waals surface area (Å²) in [6, 6.07) is 16.8. The second-order valence-electron chi connectivity index (χ2n) is 5.30. The SMILES string of the molecule is CCC(C(N)c1ccccc1)N(CC)Cc1ccccn1. The number of pyridine rings is 1. The number of aromatic nitrogens is 1. The van der Waals surface area contributed by atoms with Gasteiger partial charge in [0.1, 0.15) is 0 Å². The zero-order valence-electron chi connectivity index (χ0n) is 12.9. The molecule has 0 aliphatic carbocycles. The molecular weight excluding hydrogens is 258 g/mol. The van der Waals surface area contributed by atoms with Crippen LogP contribution in [0.1, 0.15) is 37.6 Å². The molecule has 0 bridgehead atoms. The molecule has 1 heterocycles. The van der Waals surface area contributed by atoms with Gasteiger partial charge in [0, 0.05) is 24.8 Å². The van der Waals surface area contributed by atoms with Crippen LogP contribution < -0.4 is 5.73 Å². The molecule has 0 amide bonds. The van der Waals surface area contributed by atoms with Crippen LogP contribution in [0, 0.1) is 0 Å². The molecule has 2 rings (SSSR count). The van der Waals surface area contributed by atoms with E-state index in [4.69, 9.17) is 5.73 Å². The maximum absolute atomic E-state index is 6.52. The molecular formula is C18H25N3. The molecule has 3 nitrogen and oxygen atoms in total. The molecule has 0 fully saturated rings. The van der Waals surface area contributed by atoms with E-state index in [2.05, 4.69) is 54.1 Å². The Balaban J connectivity index is 2.14. The molecule has 0 aliphatic heterocycles. The van der Waals surface area contributed by atoms with Crippen LogP contribution in [0.4, 0.5) is 0 Å². The summed E-state index contributed by atoms with van der Waals surface area (Å²) in [6.45, 7) is 6.20. The maximum Gasteiger partial charge on any atom is 0.0544 e. The van der Waals surface area contributed by atoms with E-state index in [0.29, 0.717) is 6.04 Å². The third kappa shape index (κ3) is 4.13. The predicted octanol–water partition coefficient (Wildman–Crippen LogP) is 3.38. The largest absolute Gasteiger partial charge is 0.323 e. The van der Waals surface area contributed by atoms with Crippen molar-refractivity contribution in [3.05, 3.63) is 66.0 Å². The van der Waals surface area contributed by atoms with Gasteiger partial charge in [-0.3, -0.25) is 9.88 Å². The van der Waals surface area contributed by atoms with Crippen molar-refractivity contribution in [2.75, 3.05) is 6.54 Å². The van der Waals surface area contributed by atoms with E-state index in [1.807, 2.05) is 24.4 Å².